The number of carbonyl (C=O) groups excluding carboxylic acids is 3. The maximum atomic E-state index is 14.0. The zero-order valence-electron chi connectivity index (χ0n) is 22.0. The number of aromatic amines is 1. The first kappa shape index (κ1) is 30.3. The fourth-order valence-electron chi connectivity index (χ4n) is 5.20. The lowest BCUT2D eigenvalue weighted by molar-refractivity contribution is -0.137. The van der Waals surface area contributed by atoms with Gasteiger partial charge in [-0.25, -0.2) is 4.90 Å². The van der Waals surface area contributed by atoms with E-state index in [9.17, 15) is 32.3 Å². The Labute approximate surface area is 265 Å². The predicted octanol–water partition coefficient (Wildman–Crippen LogP) is 6.58. The summed E-state index contributed by atoms with van der Waals surface area (Å²) in [6, 6.07) is 14.9. The number of aromatic nitrogens is 1. The lowest BCUT2D eigenvalue weighted by atomic mass is 9.82. The summed E-state index contributed by atoms with van der Waals surface area (Å²) in [5.74, 6) is -3.38. The smallest absolute Gasteiger partial charge is 0.416 e. The SMILES string of the molecule is O=C(COc1ccc(Cl)cc1[C@@H]1c2sc(=O)[nH]c2S[C@H]2C(=O)N(c3ccc(Cl)cc3)C(=O)[C@@H]12)Nc1cccc(C(F)(F)F)c1. The van der Waals surface area contributed by atoms with Gasteiger partial charge in [0.1, 0.15) is 11.0 Å². The molecule has 1 aromatic heterocycles. The molecule has 3 atom stereocenters. The molecule has 2 aliphatic heterocycles. The topological polar surface area (TPSA) is 109 Å². The third-order valence-electron chi connectivity index (χ3n) is 7.05. The molecule has 0 radical (unpaired) electrons. The van der Waals surface area contributed by atoms with Gasteiger partial charge >= 0.3 is 11.0 Å². The van der Waals surface area contributed by atoms with Crippen molar-refractivity contribution in [2.24, 2.45) is 5.92 Å². The highest BCUT2D eigenvalue weighted by molar-refractivity contribution is 8.00. The number of carbonyl (C=O) groups is 3. The molecule has 0 spiro atoms. The fraction of sp³-hybridized carbons (Fsp3) is 0.172. The molecule has 0 bridgehead atoms. The molecule has 6 rings (SSSR count). The maximum absolute atomic E-state index is 14.0. The van der Waals surface area contributed by atoms with Crippen LogP contribution in [0.25, 0.3) is 0 Å². The molecular formula is C29H18Cl2F3N3O5S2. The van der Waals surface area contributed by atoms with Crippen molar-refractivity contribution in [2.75, 3.05) is 16.8 Å². The second-order valence-electron chi connectivity index (χ2n) is 9.84. The summed E-state index contributed by atoms with van der Waals surface area (Å²) >= 11 is 14.3. The molecule has 8 nitrogen and oxygen atoms in total. The normalized spacial score (nSPS) is 19.5. The summed E-state index contributed by atoms with van der Waals surface area (Å²) < 4.78 is 45.1. The highest BCUT2D eigenvalue weighted by Crippen LogP contribution is 2.54. The fourth-order valence-corrected chi connectivity index (χ4v) is 8.02. The molecule has 0 unspecified atom stereocenters. The number of thiazole rings is 1. The Bertz CT molecular complexity index is 1860. The highest BCUT2D eigenvalue weighted by Gasteiger charge is 2.57. The molecule has 3 aromatic carbocycles. The summed E-state index contributed by atoms with van der Waals surface area (Å²) in [6.45, 7) is -0.597. The summed E-state index contributed by atoms with van der Waals surface area (Å²) in [4.78, 5) is 56.7. The molecule has 44 heavy (non-hydrogen) atoms. The van der Waals surface area contributed by atoms with E-state index >= 15 is 0 Å². The summed E-state index contributed by atoms with van der Waals surface area (Å²) in [7, 11) is 0. The first-order chi connectivity index (χ1) is 20.9. The number of benzene rings is 3. The average molecular weight is 681 g/mol. The van der Waals surface area contributed by atoms with Crippen LogP contribution >= 0.6 is 46.3 Å². The van der Waals surface area contributed by atoms with Gasteiger partial charge in [-0.15, -0.1) is 0 Å². The number of thioether (sulfide) groups is 1. The molecule has 2 N–H and O–H groups in total. The van der Waals surface area contributed by atoms with Gasteiger partial charge in [0.15, 0.2) is 6.61 Å². The van der Waals surface area contributed by atoms with Gasteiger partial charge in [-0.2, -0.15) is 13.2 Å². The Balaban J connectivity index is 1.33. The Morgan fingerprint density at radius 1 is 0.977 bits per heavy atom. The van der Waals surface area contributed by atoms with E-state index in [0.717, 1.165) is 40.1 Å². The first-order valence-corrected chi connectivity index (χ1v) is 15.3. The van der Waals surface area contributed by atoms with E-state index in [-0.39, 0.29) is 21.3 Å². The van der Waals surface area contributed by atoms with Crippen molar-refractivity contribution in [1.82, 2.24) is 4.98 Å². The monoisotopic (exact) mass is 679 g/mol. The van der Waals surface area contributed by atoms with Gasteiger partial charge in [0.2, 0.25) is 11.8 Å². The van der Waals surface area contributed by atoms with E-state index in [0.29, 0.717) is 26.2 Å². The largest absolute Gasteiger partial charge is 0.483 e. The molecule has 0 aliphatic carbocycles. The minimum Gasteiger partial charge on any atom is -0.483 e. The van der Waals surface area contributed by atoms with E-state index in [2.05, 4.69) is 10.3 Å². The van der Waals surface area contributed by atoms with Crippen LogP contribution in [0.1, 0.15) is 21.9 Å². The standard InChI is InChI=1S/C29H18Cl2F3N3O5S2/c30-14-4-7-17(8-5-14)37-26(39)22-21(23-25(36-28(41)44-23)43-24(22)27(37)40)18-11-15(31)6-9-19(18)42-12-20(38)35-16-3-1-2-13(10-16)29(32,33)34/h1-11,21-22,24H,12H2,(H,35,38)(H,36,41)/t21-,22-,24+/m0/s1. The number of H-pyrrole nitrogens is 1. The third kappa shape index (κ3) is 5.72. The first-order valence-electron chi connectivity index (χ1n) is 12.8. The van der Waals surface area contributed by atoms with Crippen LogP contribution in [-0.4, -0.2) is 34.6 Å². The molecular weight excluding hydrogens is 662 g/mol. The molecule has 1 saturated heterocycles. The van der Waals surface area contributed by atoms with Gasteiger partial charge in [-0.1, -0.05) is 52.4 Å². The number of imide groups is 1. The highest BCUT2D eigenvalue weighted by atomic mass is 35.5. The summed E-state index contributed by atoms with van der Waals surface area (Å²) in [6.07, 6.45) is -4.59. The number of nitrogens with zero attached hydrogens (tertiary/aromatic N) is 1. The lowest BCUT2D eigenvalue weighted by Crippen LogP contribution is -2.32. The molecule has 15 heteroatoms. The van der Waals surface area contributed by atoms with Crippen LogP contribution in [0.15, 0.2) is 76.6 Å². The minimum absolute atomic E-state index is 0.0732. The Morgan fingerprint density at radius 3 is 2.43 bits per heavy atom. The number of amides is 3. The van der Waals surface area contributed by atoms with Crippen molar-refractivity contribution in [2.45, 2.75) is 22.4 Å². The van der Waals surface area contributed by atoms with Gasteiger partial charge in [0.25, 0.3) is 5.91 Å². The number of alkyl halides is 3. The van der Waals surface area contributed by atoms with Gasteiger partial charge in [-0.05, 0) is 60.7 Å². The number of rotatable bonds is 6. The van der Waals surface area contributed by atoms with Crippen LogP contribution in [0.3, 0.4) is 0 Å². The predicted molar refractivity (Wildman–Crippen MR) is 161 cm³/mol. The van der Waals surface area contributed by atoms with E-state index in [1.165, 1.54) is 30.3 Å². The van der Waals surface area contributed by atoms with Gasteiger partial charge in [-0.3, -0.25) is 19.2 Å². The second-order valence-corrected chi connectivity index (χ2v) is 12.9. The number of hydrogen-bond donors (Lipinski definition) is 2. The molecule has 1 fully saturated rings. The van der Waals surface area contributed by atoms with Crippen LogP contribution < -0.4 is 19.8 Å². The van der Waals surface area contributed by atoms with Crippen molar-refractivity contribution >= 4 is 75.4 Å². The molecule has 4 aromatic rings. The molecule has 0 saturated carbocycles. The maximum Gasteiger partial charge on any atom is 0.416 e. The van der Waals surface area contributed by atoms with Gasteiger partial charge < -0.3 is 15.0 Å². The molecule has 3 amide bonds. The van der Waals surface area contributed by atoms with E-state index < -0.39 is 53.2 Å². The average Bonchev–Trinajstić information content (AvgIpc) is 3.46. The quantitative estimate of drug-likeness (QED) is 0.223. The zero-order chi connectivity index (χ0) is 31.3. The van der Waals surface area contributed by atoms with Crippen LogP contribution in [0, 0.1) is 5.92 Å². The molecule has 2 aliphatic rings. The Morgan fingerprint density at radius 2 is 1.70 bits per heavy atom. The Hall–Kier alpha value is -3.78. The lowest BCUT2D eigenvalue weighted by Gasteiger charge is -2.31. The van der Waals surface area contributed by atoms with Crippen molar-refractivity contribution in [3.63, 3.8) is 0 Å². The number of hydrogen-bond acceptors (Lipinski definition) is 7. The van der Waals surface area contributed by atoms with Crippen molar-refractivity contribution in [3.05, 3.63) is 102 Å². The summed E-state index contributed by atoms with van der Waals surface area (Å²) in [5, 5.41) is 2.61. The van der Waals surface area contributed by atoms with Gasteiger partial charge in [0, 0.05) is 32.1 Å². The molecule has 3 heterocycles. The van der Waals surface area contributed by atoms with E-state index in [1.807, 2.05) is 0 Å². The van der Waals surface area contributed by atoms with Crippen LogP contribution in [0.2, 0.25) is 10.0 Å². The van der Waals surface area contributed by atoms with Crippen LogP contribution in [0.4, 0.5) is 24.5 Å². The second kappa shape index (κ2) is 11.6. The number of halogens is 5. The van der Waals surface area contributed by atoms with E-state index in [1.54, 1.807) is 24.3 Å². The van der Waals surface area contributed by atoms with Crippen molar-refractivity contribution in [3.8, 4) is 5.75 Å². The third-order valence-corrected chi connectivity index (χ3v) is 9.94. The van der Waals surface area contributed by atoms with Gasteiger partial charge in [0.05, 0.1) is 22.2 Å². The minimum atomic E-state index is -4.59. The zero-order valence-corrected chi connectivity index (χ0v) is 25.1. The number of fused-ring (bicyclic) bond motifs is 2. The summed E-state index contributed by atoms with van der Waals surface area (Å²) in [5.41, 5.74) is -0.305. The van der Waals surface area contributed by atoms with Crippen molar-refractivity contribution < 1.29 is 32.3 Å². The number of nitrogens with one attached hydrogen (secondary N) is 2. The van der Waals surface area contributed by atoms with E-state index in [4.69, 9.17) is 27.9 Å². The van der Waals surface area contributed by atoms with Crippen LogP contribution in [-0.2, 0) is 20.6 Å². The van der Waals surface area contributed by atoms with Crippen molar-refractivity contribution in [1.29, 1.82) is 0 Å². The number of anilines is 2. The Kier molecular flexibility index (Phi) is 7.99. The molecule has 226 valence electrons. The van der Waals surface area contributed by atoms with Crippen LogP contribution in [0.5, 0.6) is 5.75 Å². The number of ether oxygens (including phenoxy) is 1.